The summed E-state index contributed by atoms with van der Waals surface area (Å²) in [6.45, 7) is 8.02. The molecule has 0 amide bonds. The van der Waals surface area contributed by atoms with E-state index >= 15 is 0 Å². The first-order chi connectivity index (χ1) is 12.7. The molecule has 0 aromatic heterocycles. The van der Waals surface area contributed by atoms with Crippen LogP contribution in [0.15, 0.2) is 48.5 Å². The molecule has 3 heteroatoms. The van der Waals surface area contributed by atoms with Crippen LogP contribution in [0.5, 0.6) is 11.5 Å². The minimum atomic E-state index is 0.0944. The summed E-state index contributed by atoms with van der Waals surface area (Å²) in [7, 11) is 0. The minimum absolute atomic E-state index is 0.0944. The Kier molecular flexibility index (Phi) is 8.88. The number of hydrogen-bond donors (Lipinski definition) is 1. The second-order valence-corrected chi connectivity index (χ2v) is 6.74. The van der Waals surface area contributed by atoms with Crippen LogP contribution in [-0.2, 0) is 6.42 Å². The van der Waals surface area contributed by atoms with Crippen LogP contribution in [-0.4, -0.2) is 19.3 Å². The normalized spacial score (nSPS) is 11.8. The van der Waals surface area contributed by atoms with Crippen molar-refractivity contribution in [3.8, 4) is 11.5 Å². The zero-order chi connectivity index (χ0) is 18.6. The lowest BCUT2D eigenvalue weighted by molar-refractivity contribution is 0.234. The van der Waals surface area contributed by atoms with Gasteiger partial charge >= 0.3 is 0 Å². The SMILES string of the molecule is CCCCCCOc1ccc(NCC(C)Oc2ccc(CC)cc2)cc1. The first-order valence-electron chi connectivity index (χ1n) is 9.93. The molecule has 0 aliphatic rings. The molecule has 0 heterocycles. The van der Waals surface area contributed by atoms with E-state index in [4.69, 9.17) is 9.47 Å². The molecule has 0 radical (unpaired) electrons. The molecule has 1 N–H and O–H groups in total. The molecule has 2 aromatic rings. The molecule has 142 valence electrons. The van der Waals surface area contributed by atoms with E-state index in [9.17, 15) is 0 Å². The van der Waals surface area contributed by atoms with Gasteiger partial charge in [-0.2, -0.15) is 0 Å². The van der Waals surface area contributed by atoms with Crippen LogP contribution >= 0.6 is 0 Å². The Morgan fingerprint density at radius 2 is 1.54 bits per heavy atom. The van der Waals surface area contributed by atoms with Crippen molar-refractivity contribution in [1.29, 1.82) is 0 Å². The summed E-state index contributed by atoms with van der Waals surface area (Å²) >= 11 is 0. The van der Waals surface area contributed by atoms with Crippen molar-refractivity contribution < 1.29 is 9.47 Å². The fourth-order valence-electron chi connectivity index (χ4n) is 2.73. The van der Waals surface area contributed by atoms with Gasteiger partial charge < -0.3 is 14.8 Å². The summed E-state index contributed by atoms with van der Waals surface area (Å²) in [6.07, 6.45) is 6.06. The number of aryl methyl sites for hydroxylation is 1. The quantitative estimate of drug-likeness (QED) is 0.467. The van der Waals surface area contributed by atoms with Gasteiger partial charge in [-0.05, 0) is 61.7 Å². The van der Waals surface area contributed by atoms with Gasteiger partial charge in [0.2, 0.25) is 0 Å². The highest BCUT2D eigenvalue weighted by Crippen LogP contribution is 2.17. The summed E-state index contributed by atoms with van der Waals surface area (Å²) in [6, 6.07) is 16.5. The van der Waals surface area contributed by atoms with Crippen molar-refractivity contribution in [2.45, 2.75) is 59.0 Å². The van der Waals surface area contributed by atoms with E-state index < -0.39 is 0 Å². The van der Waals surface area contributed by atoms with Crippen LogP contribution in [0.2, 0.25) is 0 Å². The number of nitrogens with one attached hydrogen (secondary N) is 1. The monoisotopic (exact) mass is 355 g/mol. The maximum Gasteiger partial charge on any atom is 0.119 e. The van der Waals surface area contributed by atoms with Crippen LogP contribution in [0.1, 0.15) is 52.0 Å². The van der Waals surface area contributed by atoms with Crippen LogP contribution in [0.25, 0.3) is 0 Å². The zero-order valence-corrected chi connectivity index (χ0v) is 16.5. The van der Waals surface area contributed by atoms with E-state index in [0.717, 1.165) is 43.2 Å². The van der Waals surface area contributed by atoms with Crippen molar-refractivity contribution in [2.75, 3.05) is 18.5 Å². The highest BCUT2D eigenvalue weighted by Gasteiger charge is 2.04. The summed E-state index contributed by atoms with van der Waals surface area (Å²) in [5.41, 5.74) is 2.41. The number of hydrogen-bond acceptors (Lipinski definition) is 3. The van der Waals surface area contributed by atoms with E-state index in [-0.39, 0.29) is 6.10 Å². The minimum Gasteiger partial charge on any atom is -0.494 e. The highest BCUT2D eigenvalue weighted by atomic mass is 16.5. The Bertz CT molecular complexity index is 607. The van der Waals surface area contributed by atoms with E-state index in [1.165, 1.54) is 24.8 Å². The Labute approximate surface area is 158 Å². The van der Waals surface area contributed by atoms with Crippen molar-refractivity contribution in [1.82, 2.24) is 0 Å². The second-order valence-electron chi connectivity index (χ2n) is 6.74. The topological polar surface area (TPSA) is 30.5 Å². The molecule has 0 fully saturated rings. The maximum atomic E-state index is 5.96. The van der Waals surface area contributed by atoms with E-state index in [0.29, 0.717) is 0 Å². The molecule has 1 atom stereocenters. The van der Waals surface area contributed by atoms with Gasteiger partial charge in [-0.15, -0.1) is 0 Å². The van der Waals surface area contributed by atoms with Crippen molar-refractivity contribution in [3.05, 3.63) is 54.1 Å². The zero-order valence-electron chi connectivity index (χ0n) is 16.5. The third kappa shape index (κ3) is 7.38. The lowest BCUT2D eigenvalue weighted by Gasteiger charge is -2.16. The Morgan fingerprint density at radius 3 is 2.19 bits per heavy atom. The smallest absolute Gasteiger partial charge is 0.119 e. The van der Waals surface area contributed by atoms with Gasteiger partial charge in [0, 0.05) is 5.69 Å². The Morgan fingerprint density at radius 1 is 0.846 bits per heavy atom. The van der Waals surface area contributed by atoms with E-state index in [1.807, 2.05) is 24.3 Å². The standard InChI is InChI=1S/C23H33NO2/c1-4-6-7-8-17-25-22-15-11-21(12-16-22)24-18-19(3)26-23-13-9-20(5-2)10-14-23/h9-16,19,24H,4-8,17-18H2,1-3H3. The largest absolute Gasteiger partial charge is 0.494 e. The van der Waals surface area contributed by atoms with Crippen molar-refractivity contribution in [3.63, 3.8) is 0 Å². The van der Waals surface area contributed by atoms with E-state index in [2.05, 4.69) is 50.4 Å². The van der Waals surface area contributed by atoms with Gasteiger partial charge in [0.25, 0.3) is 0 Å². The van der Waals surface area contributed by atoms with Crippen LogP contribution in [0.4, 0.5) is 5.69 Å². The first-order valence-corrected chi connectivity index (χ1v) is 9.93. The molecule has 0 aliphatic carbocycles. The number of unbranched alkanes of at least 4 members (excludes halogenated alkanes) is 3. The summed E-state index contributed by atoms with van der Waals surface area (Å²) in [5, 5.41) is 3.42. The van der Waals surface area contributed by atoms with E-state index in [1.54, 1.807) is 0 Å². The van der Waals surface area contributed by atoms with Gasteiger partial charge in [-0.3, -0.25) is 0 Å². The molecule has 0 saturated carbocycles. The van der Waals surface area contributed by atoms with Crippen LogP contribution in [0.3, 0.4) is 0 Å². The number of benzene rings is 2. The van der Waals surface area contributed by atoms with Crippen LogP contribution < -0.4 is 14.8 Å². The number of anilines is 1. The molecule has 2 aromatic carbocycles. The average molecular weight is 356 g/mol. The molecule has 0 aliphatic heterocycles. The van der Waals surface area contributed by atoms with Crippen LogP contribution in [0, 0.1) is 0 Å². The van der Waals surface area contributed by atoms with Gasteiger partial charge in [-0.1, -0.05) is 45.2 Å². The van der Waals surface area contributed by atoms with Crippen molar-refractivity contribution >= 4 is 5.69 Å². The third-order valence-corrected chi connectivity index (χ3v) is 4.38. The summed E-state index contributed by atoms with van der Waals surface area (Å²) < 4.78 is 11.7. The predicted octanol–water partition coefficient (Wildman–Crippen LogP) is 6.09. The molecule has 2 rings (SSSR count). The lowest BCUT2D eigenvalue weighted by Crippen LogP contribution is -2.22. The molecular formula is C23H33NO2. The molecule has 0 spiro atoms. The van der Waals surface area contributed by atoms with Gasteiger partial charge in [0.15, 0.2) is 0 Å². The molecule has 0 bridgehead atoms. The summed E-state index contributed by atoms with van der Waals surface area (Å²) in [4.78, 5) is 0. The lowest BCUT2D eigenvalue weighted by atomic mass is 10.2. The molecular weight excluding hydrogens is 322 g/mol. The second kappa shape index (κ2) is 11.5. The van der Waals surface area contributed by atoms with Gasteiger partial charge in [-0.25, -0.2) is 0 Å². The maximum absolute atomic E-state index is 5.96. The van der Waals surface area contributed by atoms with Gasteiger partial charge in [0.05, 0.1) is 13.2 Å². The average Bonchev–Trinajstić information content (AvgIpc) is 2.68. The first kappa shape index (κ1) is 20.2. The number of ether oxygens (including phenoxy) is 2. The third-order valence-electron chi connectivity index (χ3n) is 4.38. The molecule has 1 unspecified atom stereocenters. The predicted molar refractivity (Wildman–Crippen MR) is 110 cm³/mol. The Hall–Kier alpha value is -2.16. The fraction of sp³-hybridized carbons (Fsp3) is 0.478. The van der Waals surface area contributed by atoms with Crippen molar-refractivity contribution in [2.24, 2.45) is 0 Å². The Balaban J connectivity index is 1.69. The summed E-state index contributed by atoms with van der Waals surface area (Å²) in [5.74, 6) is 1.86. The number of rotatable bonds is 12. The molecule has 26 heavy (non-hydrogen) atoms. The molecule has 0 saturated heterocycles. The highest BCUT2D eigenvalue weighted by molar-refractivity contribution is 5.46. The van der Waals surface area contributed by atoms with Gasteiger partial charge in [0.1, 0.15) is 17.6 Å². The fourth-order valence-corrected chi connectivity index (χ4v) is 2.73. The molecule has 3 nitrogen and oxygen atoms in total.